The van der Waals surface area contributed by atoms with Crippen molar-refractivity contribution < 1.29 is 9.59 Å². The molecular weight excluding hydrogens is 414 g/mol. The molecule has 0 bridgehead atoms. The van der Waals surface area contributed by atoms with E-state index in [0.717, 1.165) is 29.8 Å². The van der Waals surface area contributed by atoms with Gasteiger partial charge in [-0.1, -0.05) is 56.0 Å². The molecule has 0 radical (unpaired) electrons. The Labute approximate surface area is 193 Å². The molecule has 3 heterocycles. The number of likely N-dealkylation sites (N-methyl/N-ethyl adjacent to an activating group) is 1. The predicted octanol–water partition coefficient (Wildman–Crippen LogP) is 4.20. The molecule has 1 saturated carbocycles. The summed E-state index contributed by atoms with van der Waals surface area (Å²) in [5, 5.41) is 0. The van der Waals surface area contributed by atoms with Crippen LogP contribution in [0.2, 0.25) is 0 Å². The van der Waals surface area contributed by atoms with Gasteiger partial charge in [-0.15, -0.1) is 0 Å². The molecule has 3 aromatic rings. The summed E-state index contributed by atoms with van der Waals surface area (Å²) in [5.41, 5.74) is 3.31. The highest BCUT2D eigenvalue weighted by atomic mass is 16.2. The summed E-state index contributed by atoms with van der Waals surface area (Å²) in [6, 6.07) is 17.4. The van der Waals surface area contributed by atoms with Gasteiger partial charge in [0.2, 0.25) is 11.9 Å². The van der Waals surface area contributed by atoms with Crippen LogP contribution >= 0.6 is 0 Å². The number of carbonyl (C=O) groups excluding carboxylic acids is 2. The summed E-state index contributed by atoms with van der Waals surface area (Å²) in [7, 11) is 1.76. The predicted molar refractivity (Wildman–Crippen MR) is 129 cm³/mol. The van der Waals surface area contributed by atoms with Gasteiger partial charge in [0.1, 0.15) is 11.7 Å². The largest absolute Gasteiger partial charge is 0.340 e. The average Bonchev–Trinajstić information content (AvgIpc) is 3.61. The summed E-state index contributed by atoms with van der Waals surface area (Å²) >= 11 is 0. The van der Waals surface area contributed by atoms with E-state index in [1.807, 2.05) is 61.5 Å². The van der Waals surface area contributed by atoms with Gasteiger partial charge in [-0.3, -0.25) is 14.5 Å². The SMILES string of the molecule is C.CC1C(=O)N(C)c2cnc(N3C(=O)c4ccccc4C3c3ccccc3)nc2N1C1CC1. The fraction of sp³-hybridized carbons (Fsp3) is 0.308. The Morgan fingerprint density at radius 2 is 1.67 bits per heavy atom. The molecule has 1 fully saturated rings. The molecule has 2 aliphatic heterocycles. The molecule has 168 valence electrons. The minimum Gasteiger partial charge on any atom is -0.340 e. The number of nitrogens with zero attached hydrogens (tertiary/aromatic N) is 5. The summed E-state index contributed by atoms with van der Waals surface area (Å²) in [4.78, 5) is 41.2. The molecule has 2 amide bonds. The van der Waals surface area contributed by atoms with Gasteiger partial charge in [0, 0.05) is 18.7 Å². The number of rotatable bonds is 3. The molecule has 1 aliphatic carbocycles. The van der Waals surface area contributed by atoms with E-state index in [-0.39, 0.29) is 31.3 Å². The van der Waals surface area contributed by atoms with Gasteiger partial charge in [-0.05, 0) is 37.0 Å². The van der Waals surface area contributed by atoms with Crippen LogP contribution in [0.5, 0.6) is 0 Å². The zero-order chi connectivity index (χ0) is 22.0. The second-order valence-corrected chi connectivity index (χ2v) is 8.67. The van der Waals surface area contributed by atoms with Crippen LogP contribution in [-0.4, -0.2) is 40.9 Å². The molecule has 0 saturated heterocycles. The zero-order valence-corrected chi connectivity index (χ0v) is 18.0. The van der Waals surface area contributed by atoms with Crippen molar-refractivity contribution in [3.05, 3.63) is 77.5 Å². The standard InChI is InChI=1S/C25H23N5O2.CH4/c1-15-23(31)28(2)20-14-26-25(27-22(20)29(15)17-12-13-17)30-21(16-8-4-3-5-9-16)18-10-6-7-11-19(18)24(30)32;/h3-11,14-15,17,21H,12-13H2,1-2H3;1H4. The third kappa shape index (κ3) is 3.10. The van der Waals surface area contributed by atoms with Gasteiger partial charge >= 0.3 is 0 Å². The van der Waals surface area contributed by atoms with Crippen LogP contribution in [-0.2, 0) is 4.79 Å². The number of amides is 2. The molecule has 2 atom stereocenters. The van der Waals surface area contributed by atoms with Gasteiger partial charge in [-0.25, -0.2) is 4.98 Å². The van der Waals surface area contributed by atoms with E-state index in [2.05, 4.69) is 9.88 Å². The van der Waals surface area contributed by atoms with E-state index < -0.39 is 0 Å². The lowest BCUT2D eigenvalue weighted by molar-refractivity contribution is -0.119. The molecule has 7 heteroatoms. The smallest absolute Gasteiger partial charge is 0.261 e. The number of fused-ring (bicyclic) bond motifs is 2. The first-order valence-corrected chi connectivity index (χ1v) is 11.0. The van der Waals surface area contributed by atoms with Crippen LogP contribution in [0.4, 0.5) is 17.5 Å². The normalized spacial score (nSPS) is 21.6. The van der Waals surface area contributed by atoms with E-state index in [1.54, 1.807) is 23.0 Å². The molecule has 3 aliphatic rings. The number of anilines is 3. The minimum atomic E-state index is -0.298. The third-order valence-corrected chi connectivity index (χ3v) is 6.68. The molecule has 0 spiro atoms. The van der Waals surface area contributed by atoms with E-state index in [9.17, 15) is 9.59 Å². The molecule has 0 N–H and O–H groups in total. The lowest BCUT2D eigenvalue weighted by Crippen LogP contribution is -2.52. The lowest BCUT2D eigenvalue weighted by atomic mass is 9.98. The number of benzene rings is 2. The topological polar surface area (TPSA) is 69.6 Å². The van der Waals surface area contributed by atoms with Crippen LogP contribution in [0.3, 0.4) is 0 Å². The van der Waals surface area contributed by atoms with Crippen molar-refractivity contribution in [2.24, 2.45) is 0 Å². The highest BCUT2D eigenvalue weighted by molar-refractivity contribution is 6.11. The highest BCUT2D eigenvalue weighted by Crippen LogP contribution is 2.44. The fourth-order valence-electron chi connectivity index (χ4n) is 4.93. The Hall–Kier alpha value is -3.74. The third-order valence-electron chi connectivity index (χ3n) is 6.68. The van der Waals surface area contributed by atoms with E-state index in [1.165, 1.54) is 0 Å². The summed E-state index contributed by atoms with van der Waals surface area (Å²) < 4.78 is 0. The van der Waals surface area contributed by atoms with Gasteiger partial charge in [-0.2, -0.15) is 4.98 Å². The Bertz CT molecular complexity index is 1240. The summed E-state index contributed by atoms with van der Waals surface area (Å²) in [6.45, 7) is 1.92. The van der Waals surface area contributed by atoms with E-state index in [0.29, 0.717) is 23.2 Å². The van der Waals surface area contributed by atoms with Crippen molar-refractivity contribution in [3.63, 3.8) is 0 Å². The molecule has 1 aromatic heterocycles. The van der Waals surface area contributed by atoms with Crippen molar-refractivity contribution in [2.45, 2.75) is 45.3 Å². The van der Waals surface area contributed by atoms with Crippen LogP contribution in [0.25, 0.3) is 0 Å². The highest BCUT2D eigenvalue weighted by Gasteiger charge is 2.45. The summed E-state index contributed by atoms with van der Waals surface area (Å²) in [6.07, 6.45) is 3.76. The van der Waals surface area contributed by atoms with Crippen molar-refractivity contribution in [1.29, 1.82) is 0 Å². The zero-order valence-electron chi connectivity index (χ0n) is 18.0. The molecular formula is C26H27N5O2. The van der Waals surface area contributed by atoms with Gasteiger partial charge < -0.3 is 9.80 Å². The second-order valence-electron chi connectivity index (χ2n) is 8.67. The number of hydrogen-bond acceptors (Lipinski definition) is 5. The number of hydrogen-bond donors (Lipinski definition) is 0. The first-order chi connectivity index (χ1) is 15.6. The van der Waals surface area contributed by atoms with Gasteiger partial charge in [0.25, 0.3) is 5.91 Å². The molecule has 33 heavy (non-hydrogen) atoms. The number of aromatic nitrogens is 2. The van der Waals surface area contributed by atoms with Crippen LogP contribution in [0.15, 0.2) is 60.8 Å². The van der Waals surface area contributed by atoms with E-state index >= 15 is 0 Å². The quantitative estimate of drug-likeness (QED) is 0.609. The van der Waals surface area contributed by atoms with Crippen LogP contribution in [0, 0.1) is 0 Å². The Morgan fingerprint density at radius 1 is 0.970 bits per heavy atom. The molecule has 2 aromatic carbocycles. The molecule has 2 unspecified atom stereocenters. The van der Waals surface area contributed by atoms with Crippen LogP contribution in [0.1, 0.15) is 54.7 Å². The minimum absolute atomic E-state index is 0. The first-order valence-electron chi connectivity index (χ1n) is 11.0. The monoisotopic (exact) mass is 441 g/mol. The van der Waals surface area contributed by atoms with Crippen LogP contribution < -0.4 is 14.7 Å². The Kier molecular flexibility index (Phi) is 4.92. The van der Waals surface area contributed by atoms with Crippen molar-refractivity contribution in [3.8, 4) is 0 Å². The van der Waals surface area contributed by atoms with Gasteiger partial charge in [0.05, 0.1) is 12.2 Å². The fourth-order valence-corrected chi connectivity index (χ4v) is 4.93. The second kappa shape index (κ2) is 7.69. The van der Waals surface area contributed by atoms with Crippen molar-refractivity contribution in [2.75, 3.05) is 21.7 Å². The maximum Gasteiger partial charge on any atom is 0.261 e. The van der Waals surface area contributed by atoms with Crippen molar-refractivity contribution in [1.82, 2.24) is 9.97 Å². The molecule has 7 nitrogen and oxygen atoms in total. The average molecular weight is 442 g/mol. The van der Waals surface area contributed by atoms with Crippen molar-refractivity contribution >= 4 is 29.3 Å². The van der Waals surface area contributed by atoms with E-state index in [4.69, 9.17) is 4.98 Å². The van der Waals surface area contributed by atoms with Gasteiger partial charge in [0.15, 0.2) is 5.82 Å². The Balaban J connectivity index is 0.00000228. The molecule has 6 rings (SSSR count). The summed E-state index contributed by atoms with van der Waals surface area (Å²) in [5.74, 6) is 1.01. The Morgan fingerprint density at radius 3 is 2.39 bits per heavy atom. The first kappa shape index (κ1) is 21.1. The maximum absolute atomic E-state index is 13.5. The number of carbonyl (C=O) groups is 2. The lowest BCUT2D eigenvalue weighted by Gasteiger charge is -2.39. The maximum atomic E-state index is 13.5.